The largest absolute Gasteiger partial charge is 0.396 e. The van der Waals surface area contributed by atoms with E-state index in [0.29, 0.717) is 25.7 Å². The number of nitrogen functional groups attached to an aromatic ring is 1. The van der Waals surface area contributed by atoms with Gasteiger partial charge in [0.1, 0.15) is 5.52 Å². The third-order valence-electron chi connectivity index (χ3n) is 1.58. The number of thiazole rings is 1. The van der Waals surface area contributed by atoms with E-state index in [2.05, 4.69) is 4.98 Å². The van der Waals surface area contributed by atoms with Gasteiger partial charge >= 0.3 is 0 Å². The standard InChI is InChI=1S/C7H3Cl3N2S/c8-2-1-3(9)5-6(4(2)11)13-7(10)12-5/h1H,11H2. The molecule has 2 aromatic rings. The number of nitrogens with zero attached hydrogens (tertiary/aromatic N) is 1. The number of nitrogens with two attached hydrogens (primary N) is 1. The molecule has 6 heteroatoms. The van der Waals surface area contributed by atoms with Crippen molar-refractivity contribution in [1.82, 2.24) is 4.98 Å². The molecule has 68 valence electrons. The number of hydrogen-bond acceptors (Lipinski definition) is 3. The van der Waals surface area contributed by atoms with Crippen LogP contribution in [-0.4, -0.2) is 4.98 Å². The minimum absolute atomic E-state index is 0.408. The number of aromatic nitrogens is 1. The van der Waals surface area contributed by atoms with Gasteiger partial charge in [0.15, 0.2) is 4.47 Å². The topological polar surface area (TPSA) is 38.9 Å². The maximum absolute atomic E-state index is 5.89. The molecule has 0 aliphatic rings. The number of rotatable bonds is 0. The van der Waals surface area contributed by atoms with E-state index in [0.717, 1.165) is 4.70 Å². The summed E-state index contributed by atoms with van der Waals surface area (Å²) in [7, 11) is 0. The van der Waals surface area contributed by atoms with Crippen molar-refractivity contribution in [2.45, 2.75) is 0 Å². The normalized spacial score (nSPS) is 11.0. The van der Waals surface area contributed by atoms with Gasteiger partial charge in [-0.1, -0.05) is 34.8 Å². The lowest BCUT2D eigenvalue weighted by Crippen LogP contribution is -1.86. The van der Waals surface area contributed by atoms with Crippen LogP contribution in [0.4, 0.5) is 5.69 Å². The summed E-state index contributed by atoms with van der Waals surface area (Å²) in [5.41, 5.74) is 6.81. The minimum Gasteiger partial charge on any atom is -0.396 e. The first-order valence-electron chi connectivity index (χ1n) is 3.29. The van der Waals surface area contributed by atoms with Gasteiger partial charge in [-0.15, -0.1) is 11.3 Å². The molecule has 1 heterocycles. The predicted octanol–water partition coefficient (Wildman–Crippen LogP) is 3.84. The van der Waals surface area contributed by atoms with E-state index in [9.17, 15) is 0 Å². The number of hydrogen-bond donors (Lipinski definition) is 1. The smallest absolute Gasteiger partial charge is 0.184 e. The van der Waals surface area contributed by atoms with Gasteiger partial charge < -0.3 is 5.73 Å². The molecule has 0 atom stereocenters. The van der Waals surface area contributed by atoms with Gasteiger partial charge in [0.2, 0.25) is 0 Å². The lowest BCUT2D eigenvalue weighted by molar-refractivity contribution is 1.50. The van der Waals surface area contributed by atoms with Crippen LogP contribution >= 0.6 is 46.1 Å². The van der Waals surface area contributed by atoms with Crippen LogP contribution in [0.15, 0.2) is 6.07 Å². The summed E-state index contributed by atoms with van der Waals surface area (Å²) < 4.78 is 1.15. The zero-order valence-electron chi connectivity index (χ0n) is 6.14. The average Bonchev–Trinajstić information content (AvgIpc) is 2.44. The maximum atomic E-state index is 5.89. The first-order valence-corrected chi connectivity index (χ1v) is 5.24. The Morgan fingerprint density at radius 1 is 1.23 bits per heavy atom. The van der Waals surface area contributed by atoms with Crippen molar-refractivity contribution in [3.8, 4) is 0 Å². The van der Waals surface area contributed by atoms with E-state index >= 15 is 0 Å². The molecule has 2 N–H and O–H groups in total. The van der Waals surface area contributed by atoms with Crippen molar-refractivity contribution < 1.29 is 0 Å². The Labute approximate surface area is 93.2 Å². The fourth-order valence-corrected chi connectivity index (χ4v) is 2.72. The molecule has 13 heavy (non-hydrogen) atoms. The Kier molecular flexibility index (Phi) is 2.28. The summed E-state index contributed by atoms with van der Waals surface area (Å²) in [5.74, 6) is 0. The molecule has 1 aromatic carbocycles. The second kappa shape index (κ2) is 3.17. The lowest BCUT2D eigenvalue weighted by Gasteiger charge is -1.99. The molecule has 0 spiro atoms. The van der Waals surface area contributed by atoms with Crippen LogP contribution in [0, 0.1) is 0 Å². The number of anilines is 1. The van der Waals surface area contributed by atoms with Gasteiger partial charge in [-0.3, -0.25) is 0 Å². The molecule has 0 saturated carbocycles. The van der Waals surface area contributed by atoms with Crippen LogP contribution in [0.1, 0.15) is 0 Å². The summed E-state index contributed by atoms with van der Waals surface area (Å²) in [6, 6.07) is 1.57. The molecule has 2 rings (SSSR count). The van der Waals surface area contributed by atoms with Crippen LogP contribution in [-0.2, 0) is 0 Å². The van der Waals surface area contributed by atoms with Gasteiger partial charge in [0, 0.05) is 0 Å². The van der Waals surface area contributed by atoms with E-state index < -0.39 is 0 Å². The van der Waals surface area contributed by atoms with Gasteiger partial charge in [-0.05, 0) is 6.07 Å². The molecular weight excluding hydrogens is 251 g/mol. The summed E-state index contributed by atoms with van der Waals surface area (Å²) >= 11 is 18.7. The first kappa shape index (κ1) is 9.34. The second-order valence-corrected chi connectivity index (χ2v) is 4.79. The molecule has 0 bridgehead atoms. The zero-order valence-corrected chi connectivity index (χ0v) is 9.23. The predicted molar refractivity (Wildman–Crippen MR) is 59.1 cm³/mol. The van der Waals surface area contributed by atoms with Crippen molar-refractivity contribution in [1.29, 1.82) is 0 Å². The third-order valence-corrected chi connectivity index (χ3v) is 3.38. The summed E-state index contributed by atoms with van der Waals surface area (Å²) in [6.45, 7) is 0. The molecule has 0 fully saturated rings. The van der Waals surface area contributed by atoms with Crippen molar-refractivity contribution in [3.63, 3.8) is 0 Å². The molecule has 0 saturated heterocycles. The van der Waals surface area contributed by atoms with Crippen LogP contribution in [0.5, 0.6) is 0 Å². The van der Waals surface area contributed by atoms with Gasteiger partial charge in [-0.2, -0.15) is 0 Å². The van der Waals surface area contributed by atoms with Crippen LogP contribution in [0.3, 0.4) is 0 Å². The van der Waals surface area contributed by atoms with Crippen molar-refractivity contribution in [3.05, 3.63) is 20.6 Å². The molecule has 2 nitrogen and oxygen atoms in total. The zero-order chi connectivity index (χ0) is 9.59. The molecule has 0 aliphatic heterocycles. The Hall–Kier alpha value is -0.220. The van der Waals surface area contributed by atoms with Crippen molar-refractivity contribution in [2.24, 2.45) is 0 Å². The third kappa shape index (κ3) is 1.46. The molecular formula is C7H3Cl3N2S. The van der Waals surface area contributed by atoms with Crippen molar-refractivity contribution in [2.75, 3.05) is 5.73 Å². The highest BCUT2D eigenvalue weighted by Crippen LogP contribution is 2.38. The Morgan fingerprint density at radius 2 is 1.92 bits per heavy atom. The van der Waals surface area contributed by atoms with Crippen LogP contribution < -0.4 is 5.73 Å². The number of halogens is 3. The van der Waals surface area contributed by atoms with Crippen LogP contribution in [0.2, 0.25) is 14.5 Å². The number of benzene rings is 1. The van der Waals surface area contributed by atoms with Gasteiger partial charge in [0.05, 0.1) is 20.4 Å². The Balaban J connectivity index is 2.95. The Morgan fingerprint density at radius 3 is 2.62 bits per heavy atom. The van der Waals surface area contributed by atoms with E-state index in [1.807, 2.05) is 0 Å². The summed E-state index contributed by atoms with van der Waals surface area (Å²) in [5, 5.41) is 0.898. The lowest BCUT2D eigenvalue weighted by atomic mass is 10.3. The highest BCUT2D eigenvalue weighted by molar-refractivity contribution is 7.22. The van der Waals surface area contributed by atoms with E-state index in [1.54, 1.807) is 6.07 Å². The fourth-order valence-electron chi connectivity index (χ4n) is 1.00. The molecule has 0 radical (unpaired) electrons. The van der Waals surface area contributed by atoms with E-state index in [-0.39, 0.29) is 0 Å². The average molecular weight is 254 g/mol. The quantitative estimate of drug-likeness (QED) is 0.725. The van der Waals surface area contributed by atoms with E-state index in [1.165, 1.54) is 11.3 Å². The first-order chi connectivity index (χ1) is 6.09. The molecule has 0 unspecified atom stereocenters. The Bertz CT molecular complexity index is 480. The molecule has 1 aromatic heterocycles. The minimum atomic E-state index is 0.408. The highest BCUT2D eigenvalue weighted by atomic mass is 35.5. The maximum Gasteiger partial charge on any atom is 0.184 e. The van der Waals surface area contributed by atoms with Gasteiger partial charge in [0.25, 0.3) is 0 Å². The van der Waals surface area contributed by atoms with Crippen molar-refractivity contribution >= 4 is 62.0 Å². The fraction of sp³-hybridized carbons (Fsp3) is 0. The molecule has 0 aliphatic carbocycles. The summed E-state index contributed by atoms with van der Waals surface area (Å²) in [6.07, 6.45) is 0. The SMILES string of the molecule is Nc1c(Cl)cc(Cl)c2nc(Cl)sc12. The summed E-state index contributed by atoms with van der Waals surface area (Å²) in [4.78, 5) is 4.03. The van der Waals surface area contributed by atoms with Gasteiger partial charge in [-0.25, -0.2) is 4.98 Å². The molecule has 0 amide bonds. The number of fused-ring (bicyclic) bond motifs is 1. The van der Waals surface area contributed by atoms with Crippen LogP contribution in [0.25, 0.3) is 10.2 Å². The monoisotopic (exact) mass is 252 g/mol. The van der Waals surface area contributed by atoms with E-state index in [4.69, 9.17) is 40.5 Å². The second-order valence-electron chi connectivity index (χ2n) is 2.40. The highest BCUT2D eigenvalue weighted by Gasteiger charge is 2.11.